The van der Waals surface area contributed by atoms with Crippen molar-refractivity contribution in [1.29, 1.82) is 0 Å². The van der Waals surface area contributed by atoms with Crippen molar-refractivity contribution in [3.05, 3.63) is 71.6 Å². The van der Waals surface area contributed by atoms with Crippen molar-refractivity contribution in [3.63, 3.8) is 0 Å². The van der Waals surface area contributed by atoms with Gasteiger partial charge in [0.15, 0.2) is 0 Å². The van der Waals surface area contributed by atoms with Crippen molar-refractivity contribution >= 4 is 15.9 Å². The minimum Gasteiger partial charge on any atom is -0.352 e. The molecule has 178 valence electrons. The number of hydrogen-bond acceptors (Lipinski definition) is 4. The Bertz CT molecular complexity index is 1060. The van der Waals surface area contributed by atoms with Crippen LogP contribution in [0, 0.1) is 30.6 Å². The maximum Gasteiger partial charge on any atom is 0.240 e. The summed E-state index contributed by atoms with van der Waals surface area (Å²) < 4.78 is 28.3. The third kappa shape index (κ3) is 6.98. The van der Waals surface area contributed by atoms with Crippen LogP contribution in [0.2, 0.25) is 0 Å². The summed E-state index contributed by atoms with van der Waals surface area (Å²) in [6, 6.07) is 10.7. The molecule has 0 saturated carbocycles. The van der Waals surface area contributed by atoms with E-state index in [4.69, 9.17) is 0 Å². The first-order valence-electron chi connectivity index (χ1n) is 11.6. The SMILES string of the molecule is CC1=C[C@H](CNS(=O)(=O)c2ccc(C)cc2)[C@H](C(C)C)C[C@H]1CC(=O)NCc1cccnc1. The van der Waals surface area contributed by atoms with Crippen LogP contribution in [0.25, 0.3) is 0 Å². The summed E-state index contributed by atoms with van der Waals surface area (Å²) in [7, 11) is -3.56. The summed E-state index contributed by atoms with van der Waals surface area (Å²) in [4.78, 5) is 16.9. The number of rotatable bonds is 9. The molecule has 1 heterocycles. The zero-order valence-corrected chi connectivity index (χ0v) is 20.7. The van der Waals surface area contributed by atoms with Gasteiger partial charge in [0.05, 0.1) is 4.90 Å². The average Bonchev–Trinajstić information content (AvgIpc) is 2.78. The van der Waals surface area contributed by atoms with Gasteiger partial charge in [0.25, 0.3) is 0 Å². The number of benzene rings is 1. The van der Waals surface area contributed by atoms with Crippen molar-refractivity contribution in [1.82, 2.24) is 15.0 Å². The van der Waals surface area contributed by atoms with Crippen molar-refractivity contribution in [2.75, 3.05) is 6.54 Å². The maximum atomic E-state index is 12.8. The van der Waals surface area contributed by atoms with E-state index >= 15 is 0 Å². The Morgan fingerprint density at radius 3 is 2.52 bits per heavy atom. The highest BCUT2D eigenvalue weighted by molar-refractivity contribution is 7.89. The van der Waals surface area contributed by atoms with Crippen LogP contribution in [0.5, 0.6) is 0 Å². The first-order chi connectivity index (χ1) is 15.7. The molecular formula is C26H35N3O3S. The number of nitrogens with zero attached hydrogens (tertiary/aromatic N) is 1. The van der Waals surface area contributed by atoms with Crippen LogP contribution in [-0.2, 0) is 21.4 Å². The quantitative estimate of drug-likeness (QED) is 0.538. The van der Waals surface area contributed by atoms with Gasteiger partial charge in [-0.15, -0.1) is 0 Å². The molecule has 0 spiro atoms. The highest BCUT2D eigenvalue weighted by atomic mass is 32.2. The van der Waals surface area contributed by atoms with E-state index in [1.54, 1.807) is 36.7 Å². The Hall–Kier alpha value is -2.51. The Kier molecular flexibility index (Phi) is 8.43. The number of hydrogen-bond donors (Lipinski definition) is 2. The van der Waals surface area contributed by atoms with Gasteiger partial charge in [0.2, 0.25) is 15.9 Å². The first-order valence-corrected chi connectivity index (χ1v) is 13.0. The van der Waals surface area contributed by atoms with E-state index in [0.29, 0.717) is 31.3 Å². The summed E-state index contributed by atoms with van der Waals surface area (Å²) in [6.45, 7) is 9.15. The lowest BCUT2D eigenvalue weighted by Crippen LogP contribution is -2.37. The molecule has 0 aliphatic heterocycles. The lowest BCUT2D eigenvalue weighted by molar-refractivity contribution is -0.122. The monoisotopic (exact) mass is 469 g/mol. The first kappa shape index (κ1) is 25.1. The lowest BCUT2D eigenvalue weighted by Gasteiger charge is -2.37. The second-order valence-corrected chi connectivity index (χ2v) is 11.2. The third-order valence-corrected chi connectivity index (χ3v) is 8.01. The van der Waals surface area contributed by atoms with Crippen LogP contribution >= 0.6 is 0 Å². The van der Waals surface area contributed by atoms with Gasteiger partial charge in [-0.05, 0) is 67.7 Å². The Balaban J connectivity index is 1.62. The number of amides is 1. The Morgan fingerprint density at radius 1 is 1.15 bits per heavy atom. The topological polar surface area (TPSA) is 88.2 Å². The predicted molar refractivity (Wildman–Crippen MR) is 131 cm³/mol. The Morgan fingerprint density at radius 2 is 1.88 bits per heavy atom. The summed E-state index contributed by atoms with van der Waals surface area (Å²) in [5, 5.41) is 2.99. The minimum atomic E-state index is -3.56. The smallest absolute Gasteiger partial charge is 0.240 e. The van der Waals surface area contributed by atoms with Crippen molar-refractivity contribution in [2.45, 2.75) is 52.0 Å². The van der Waals surface area contributed by atoms with E-state index in [1.807, 2.05) is 19.1 Å². The van der Waals surface area contributed by atoms with Crippen LogP contribution in [0.3, 0.4) is 0 Å². The fourth-order valence-electron chi connectivity index (χ4n) is 4.51. The van der Waals surface area contributed by atoms with Crippen LogP contribution in [0.4, 0.5) is 0 Å². The van der Waals surface area contributed by atoms with Gasteiger partial charge >= 0.3 is 0 Å². The highest BCUT2D eigenvalue weighted by Crippen LogP contribution is 2.38. The van der Waals surface area contributed by atoms with Crippen LogP contribution in [-0.4, -0.2) is 25.9 Å². The molecule has 33 heavy (non-hydrogen) atoms. The molecule has 1 aromatic carbocycles. The molecule has 0 saturated heterocycles. The number of carbonyl (C=O) groups excluding carboxylic acids is 1. The van der Waals surface area contributed by atoms with E-state index in [0.717, 1.165) is 23.1 Å². The van der Waals surface area contributed by atoms with Crippen molar-refractivity contribution in [2.24, 2.45) is 23.7 Å². The average molecular weight is 470 g/mol. The summed E-state index contributed by atoms with van der Waals surface area (Å²) in [5.74, 6) is 0.962. The molecule has 7 heteroatoms. The van der Waals surface area contributed by atoms with Gasteiger partial charge < -0.3 is 5.32 Å². The molecule has 3 rings (SSSR count). The van der Waals surface area contributed by atoms with E-state index < -0.39 is 10.0 Å². The Labute approximate surface area is 198 Å². The molecule has 1 aromatic heterocycles. The lowest BCUT2D eigenvalue weighted by atomic mass is 9.70. The molecule has 6 nitrogen and oxygen atoms in total. The van der Waals surface area contributed by atoms with Crippen LogP contribution in [0.15, 0.2) is 65.3 Å². The maximum absolute atomic E-state index is 12.8. The second-order valence-electron chi connectivity index (χ2n) is 9.42. The van der Waals surface area contributed by atoms with Crippen LogP contribution in [0.1, 0.15) is 44.7 Å². The standard InChI is InChI=1S/C26H35N3O3S/c1-18(2)25-13-22(14-26(30)28-16-21-6-5-11-27-15-21)20(4)12-23(25)17-29-33(31,32)24-9-7-19(3)8-10-24/h5-12,15,18,22-23,25,29H,13-14,16-17H2,1-4H3,(H,28,30)/t22-,23+,25-/m0/s1. The molecule has 1 amide bonds. The van der Waals surface area contributed by atoms with Gasteiger partial charge in [-0.1, -0.05) is 49.3 Å². The summed E-state index contributed by atoms with van der Waals surface area (Å²) in [5.41, 5.74) is 3.15. The van der Waals surface area contributed by atoms with E-state index in [9.17, 15) is 13.2 Å². The molecule has 1 aliphatic carbocycles. The second kappa shape index (κ2) is 11.1. The van der Waals surface area contributed by atoms with E-state index in [-0.39, 0.29) is 22.6 Å². The number of nitrogens with one attached hydrogen (secondary N) is 2. The highest BCUT2D eigenvalue weighted by Gasteiger charge is 2.33. The predicted octanol–water partition coefficient (Wildman–Crippen LogP) is 4.23. The van der Waals surface area contributed by atoms with Crippen LogP contribution < -0.4 is 10.0 Å². The molecular weight excluding hydrogens is 434 g/mol. The van der Waals surface area contributed by atoms with Gasteiger partial charge in [0, 0.05) is 31.9 Å². The number of aromatic nitrogens is 1. The molecule has 2 aromatic rings. The third-order valence-electron chi connectivity index (χ3n) is 6.57. The number of allylic oxidation sites excluding steroid dienone is 1. The fraction of sp³-hybridized carbons (Fsp3) is 0.462. The van der Waals surface area contributed by atoms with Crippen molar-refractivity contribution in [3.8, 4) is 0 Å². The van der Waals surface area contributed by atoms with Crippen molar-refractivity contribution < 1.29 is 13.2 Å². The molecule has 0 bridgehead atoms. The fourth-order valence-corrected chi connectivity index (χ4v) is 5.59. The zero-order chi connectivity index (χ0) is 24.0. The van der Waals surface area contributed by atoms with Gasteiger partial charge in [-0.3, -0.25) is 9.78 Å². The normalized spacial score (nSPS) is 21.0. The number of pyridine rings is 1. The molecule has 0 fully saturated rings. The van der Waals surface area contributed by atoms with Gasteiger partial charge in [-0.2, -0.15) is 0 Å². The zero-order valence-electron chi connectivity index (χ0n) is 19.9. The summed E-state index contributed by atoms with van der Waals surface area (Å²) >= 11 is 0. The molecule has 3 atom stereocenters. The molecule has 1 aliphatic rings. The molecule has 2 N–H and O–H groups in total. The van der Waals surface area contributed by atoms with Gasteiger partial charge in [0.1, 0.15) is 0 Å². The number of aryl methyl sites for hydroxylation is 1. The summed E-state index contributed by atoms with van der Waals surface area (Å²) in [6.07, 6.45) is 6.95. The minimum absolute atomic E-state index is 0.0256. The molecule has 0 radical (unpaired) electrons. The number of carbonyl (C=O) groups is 1. The van der Waals surface area contributed by atoms with E-state index in [2.05, 4.69) is 41.9 Å². The van der Waals surface area contributed by atoms with E-state index in [1.165, 1.54) is 0 Å². The van der Waals surface area contributed by atoms with Gasteiger partial charge in [-0.25, -0.2) is 13.1 Å². The largest absolute Gasteiger partial charge is 0.352 e. The molecule has 0 unspecified atom stereocenters. The number of sulfonamides is 1.